The largest absolute Gasteiger partial charge is 0.423 e. The number of rotatable bonds is 5. The first-order valence-corrected chi connectivity index (χ1v) is 12.2. The van der Waals surface area contributed by atoms with E-state index in [1.807, 2.05) is 30.3 Å². The van der Waals surface area contributed by atoms with E-state index in [4.69, 9.17) is 4.42 Å². The molecule has 0 saturated carbocycles. The number of fused-ring (bicyclic) bond motifs is 1. The fraction of sp³-hybridized carbons (Fsp3) is 0.385. The Balaban J connectivity index is 1.09. The van der Waals surface area contributed by atoms with Crippen LogP contribution in [0.2, 0.25) is 0 Å². The van der Waals surface area contributed by atoms with Gasteiger partial charge in [0, 0.05) is 44.0 Å². The maximum Gasteiger partial charge on any atom is 0.313 e. The lowest BCUT2D eigenvalue weighted by Gasteiger charge is -2.30. The predicted octanol–water partition coefficient (Wildman–Crippen LogP) is 3.32. The van der Waals surface area contributed by atoms with Crippen molar-refractivity contribution in [3.05, 3.63) is 48.5 Å². The molecule has 3 heterocycles. The van der Waals surface area contributed by atoms with E-state index in [9.17, 15) is 14.4 Å². The van der Waals surface area contributed by atoms with Crippen LogP contribution < -0.4 is 20.4 Å². The molecule has 0 aliphatic carbocycles. The first kappa shape index (κ1) is 22.9. The Hall–Kier alpha value is -3.88. The van der Waals surface area contributed by atoms with E-state index in [0.29, 0.717) is 31.2 Å². The summed E-state index contributed by atoms with van der Waals surface area (Å²) in [5.41, 5.74) is 2.85. The van der Waals surface area contributed by atoms with Crippen molar-refractivity contribution in [2.75, 3.05) is 41.3 Å². The third-order valence-corrected chi connectivity index (χ3v) is 6.66. The van der Waals surface area contributed by atoms with Crippen LogP contribution in [-0.2, 0) is 14.4 Å². The molecule has 35 heavy (non-hydrogen) atoms. The van der Waals surface area contributed by atoms with Gasteiger partial charge in [-0.15, -0.1) is 0 Å². The van der Waals surface area contributed by atoms with Gasteiger partial charge in [-0.1, -0.05) is 18.2 Å². The fourth-order valence-electron chi connectivity index (χ4n) is 4.66. The summed E-state index contributed by atoms with van der Waals surface area (Å²) in [6.07, 6.45) is 4.13. The average Bonchev–Trinajstić information content (AvgIpc) is 3.32. The molecule has 2 fully saturated rings. The Bertz CT molecular complexity index is 1200. The second kappa shape index (κ2) is 10.2. The molecule has 0 radical (unpaired) electrons. The summed E-state index contributed by atoms with van der Waals surface area (Å²) in [6, 6.07) is 15.4. The van der Waals surface area contributed by atoms with Crippen LogP contribution in [0, 0.1) is 5.92 Å². The van der Waals surface area contributed by atoms with Crippen molar-refractivity contribution in [2.24, 2.45) is 5.92 Å². The van der Waals surface area contributed by atoms with Crippen molar-refractivity contribution in [1.29, 1.82) is 0 Å². The van der Waals surface area contributed by atoms with Crippen molar-refractivity contribution >= 4 is 46.2 Å². The van der Waals surface area contributed by atoms with Gasteiger partial charge in [-0.05, 0) is 61.9 Å². The van der Waals surface area contributed by atoms with Gasteiger partial charge in [-0.25, -0.2) is 0 Å². The standard InChI is InChI=1S/C26H29N5O4/c32-23-10-3-4-13-31(23)20-7-5-6-19(16-20)28-25(34)24(33)27-17-18-11-14-30(15-12-18)26-29-21-8-1-2-9-22(21)35-26/h1-2,5-9,16,18H,3-4,10-15,17H2,(H,27,33)(H,28,34). The smallest absolute Gasteiger partial charge is 0.313 e. The van der Waals surface area contributed by atoms with Crippen LogP contribution in [-0.4, -0.2) is 48.9 Å². The number of carbonyl (C=O) groups is 3. The molecule has 0 bridgehead atoms. The number of oxazole rings is 1. The highest BCUT2D eigenvalue weighted by atomic mass is 16.4. The molecular formula is C26H29N5O4. The molecule has 3 amide bonds. The van der Waals surface area contributed by atoms with Gasteiger partial charge in [0.25, 0.3) is 6.01 Å². The van der Waals surface area contributed by atoms with Crippen molar-refractivity contribution in [3.8, 4) is 0 Å². The van der Waals surface area contributed by atoms with Crippen LogP contribution in [0.15, 0.2) is 52.9 Å². The minimum atomic E-state index is -0.712. The van der Waals surface area contributed by atoms with Gasteiger partial charge in [0.2, 0.25) is 5.91 Å². The first-order valence-electron chi connectivity index (χ1n) is 12.2. The quantitative estimate of drug-likeness (QED) is 0.548. The SMILES string of the molecule is O=C(NCC1CCN(c2nc3ccccc3o2)CC1)C(=O)Nc1cccc(N2CCCCC2=O)c1. The second-order valence-corrected chi connectivity index (χ2v) is 9.11. The Kier molecular flexibility index (Phi) is 6.65. The first-order chi connectivity index (χ1) is 17.1. The van der Waals surface area contributed by atoms with E-state index in [1.165, 1.54) is 0 Å². The number of anilines is 3. The number of piperidine rings is 2. The Morgan fingerprint density at radius 2 is 1.83 bits per heavy atom. The van der Waals surface area contributed by atoms with Crippen LogP contribution >= 0.6 is 0 Å². The molecule has 2 aliphatic heterocycles. The molecule has 0 unspecified atom stereocenters. The average molecular weight is 476 g/mol. The summed E-state index contributed by atoms with van der Waals surface area (Å²) < 4.78 is 5.85. The highest BCUT2D eigenvalue weighted by Crippen LogP contribution is 2.26. The van der Waals surface area contributed by atoms with Gasteiger partial charge >= 0.3 is 11.8 Å². The number of hydrogen-bond donors (Lipinski definition) is 2. The zero-order chi connectivity index (χ0) is 24.2. The van der Waals surface area contributed by atoms with Gasteiger partial charge in [0.1, 0.15) is 5.52 Å². The Morgan fingerprint density at radius 3 is 2.63 bits per heavy atom. The molecule has 9 nitrogen and oxygen atoms in total. The summed E-state index contributed by atoms with van der Waals surface area (Å²) in [6.45, 7) is 2.67. The number of aromatic nitrogens is 1. The van der Waals surface area contributed by atoms with Crippen molar-refractivity contribution in [2.45, 2.75) is 32.1 Å². The Morgan fingerprint density at radius 1 is 1.00 bits per heavy atom. The topological polar surface area (TPSA) is 108 Å². The lowest BCUT2D eigenvalue weighted by Crippen LogP contribution is -2.42. The van der Waals surface area contributed by atoms with Crippen LogP contribution in [0.1, 0.15) is 32.1 Å². The van der Waals surface area contributed by atoms with E-state index in [-0.39, 0.29) is 11.8 Å². The minimum Gasteiger partial charge on any atom is -0.423 e. The molecular weight excluding hydrogens is 446 g/mol. The van der Waals surface area contributed by atoms with Gasteiger partial charge in [0.05, 0.1) is 0 Å². The predicted molar refractivity (Wildman–Crippen MR) is 133 cm³/mol. The molecule has 182 valence electrons. The van der Waals surface area contributed by atoms with Gasteiger partial charge in [-0.2, -0.15) is 4.98 Å². The second-order valence-electron chi connectivity index (χ2n) is 9.11. The Labute approximate surface area is 203 Å². The van der Waals surface area contributed by atoms with Crippen LogP contribution in [0.5, 0.6) is 0 Å². The maximum absolute atomic E-state index is 12.4. The zero-order valence-electron chi connectivity index (χ0n) is 19.5. The van der Waals surface area contributed by atoms with Crippen LogP contribution in [0.25, 0.3) is 11.1 Å². The fourth-order valence-corrected chi connectivity index (χ4v) is 4.66. The molecule has 9 heteroatoms. The number of nitrogens with one attached hydrogen (secondary N) is 2. The zero-order valence-corrected chi connectivity index (χ0v) is 19.5. The molecule has 2 saturated heterocycles. The monoisotopic (exact) mass is 475 g/mol. The van der Waals surface area contributed by atoms with Crippen molar-refractivity contribution in [3.63, 3.8) is 0 Å². The van der Waals surface area contributed by atoms with E-state index < -0.39 is 11.8 Å². The summed E-state index contributed by atoms with van der Waals surface area (Å²) in [4.78, 5) is 45.4. The highest BCUT2D eigenvalue weighted by molar-refractivity contribution is 6.39. The minimum absolute atomic E-state index is 0.0830. The molecule has 0 atom stereocenters. The van der Waals surface area contributed by atoms with E-state index in [0.717, 1.165) is 55.6 Å². The number of hydrogen-bond acceptors (Lipinski definition) is 6. The summed E-state index contributed by atoms with van der Waals surface area (Å²) in [5.74, 6) is -1.01. The lowest BCUT2D eigenvalue weighted by molar-refractivity contribution is -0.136. The maximum atomic E-state index is 12.4. The van der Waals surface area contributed by atoms with Gasteiger partial charge in [-0.3, -0.25) is 14.4 Å². The summed E-state index contributed by atoms with van der Waals surface area (Å²) >= 11 is 0. The molecule has 0 spiro atoms. The van der Waals surface area contributed by atoms with E-state index in [2.05, 4.69) is 20.5 Å². The molecule has 2 N–H and O–H groups in total. The number of para-hydroxylation sites is 2. The van der Waals surface area contributed by atoms with E-state index >= 15 is 0 Å². The van der Waals surface area contributed by atoms with Crippen LogP contribution in [0.4, 0.5) is 17.4 Å². The number of nitrogens with zero attached hydrogens (tertiary/aromatic N) is 3. The molecule has 5 rings (SSSR count). The molecule has 1 aromatic heterocycles. The van der Waals surface area contributed by atoms with Crippen LogP contribution in [0.3, 0.4) is 0 Å². The summed E-state index contributed by atoms with van der Waals surface area (Å²) in [7, 11) is 0. The lowest BCUT2D eigenvalue weighted by atomic mass is 9.97. The molecule has 2 aliphatic rings. The third-order valence-electron chi connectivity index (χ3n) is 6.66. The van der Waals surface area contributed by atoms with Gasteiger partial charge in [0.15, 0.2) is 5.58 Å². The summed E-state index contributed by atoms with van der Waals surface area (Å²) in [5, 5.41) is 5.41. The molecule has 3 aromatic rings. The van der Waals surface area contributed by atoms with Crippen molar-refractivity contribution < 1.29 is 18.8 Å². The van der Waals surface area contributed by atoms with Crippen molar-refractivity contribution in [1.82, 2.24) is 10.3 Å². The third kappa shape index (κ3) is 5.29. The number of carbonyl (C=O) groups excluding carboxylic acids is 3. The highest BCUT2D eigenvalue weighted by Gasteiger charge is 2.24. The number of amides is 3. The van der Waals surface area contributed by atoms with Gasteiger partial charge < -0.3 is 24.9 Å². The van der Waals surface area contributed by atoms with E-state index in [1.54, 1.807) is 23.1 Å². The number of benzene rings is 2. The molecule has 2 aromatic carbocycles. The normalized spacial score (nSPS) is 17.0.